The Morgan fingerprint density at radius 3 is 2.18 bits per heavy atom. The van der Waals surface area contributed by atoms with Crippen LogP contribution < -0.4 is 10.0 Å². The van der Waals surface area contributed by atoms with Crippen molar-refractivity contribution in [1.29, 1.82) is 0 Å². The van der Waals surface area contributed by atoms with Crippen LogP contribution >= 0.6 is 11.8 Å². The number of para-hydroxylation sites is 1. The summed E-state index contributed by atoms with van der Waals surface area (Å²) >= 11 is 1.52. The number of carbonyl (C=O) groups is 1. The van der Waals surface area contributed by atoms with Gasteiger partial charge in [0.15, 0.2) is 0 Å². The van der Waals surface area contributed by atoms with Gasteiger partial charge < -0.3 is 5.32 Å². The zero-order valence-corrected chi connectivity index (χ0v) is 16.5. The van der Waals surface area contributed by atoms with Crippen LogP contribution in [0.15, 0.2) is 82.6 Å². The molecule has 28 heavy (non-hydrogen) atoms. The number of amides is 1. The van der Waals surface area contributed by atoms with Crippen LogP contribution in [0.2, 0.25) is 0 Å². The second kappa shape index (κ2) is 8.45. The van der Waals surface area contributed by atoms with Crippen LogP contribution in [0.1, 0.15) is 10.4 Å². The van der Waals surface area contributed by atoms with Crippen molar-refractivity contribution < 1.29 is 17.6 Å². The lowest BCUT2D eigenvalue weighted by Crippen LogP contribution is -2.14. The Morgan fingerprint density at radius 1 is 0.929 bits per heavy atom. The highest BCUT2D eigenvalue weighted by atomic mass is 32.2. The zero-order chi connectivity index (χ0) is 20.1. The van der Waals surface area contributed by atoms with Gasteiger partial charge in [0.2, 0.25) is 0 Å². The number of hydrogen-bond donors (Lipinski definition) is 2. The molecule has 8 heteroatoms. The van der Waals surface area contributed by atoms with Crippen molar-refractivity contribution in [3.8, 4) is 0 Å². The van der Waals surface area contributed by atoms with E-state index in [2.05, 4.69) is 10.0 Å². The first-order valence-corrected chi connectivity index (χ1v) is 10.9. The van der Waals surface area contributed by atoms with Crippen LogP contribution in [0.25, 0.3) is 0 Å². The van der Waals surface area contributed by atoms with Crippen molar-refractivity contribution in [2.24, 2.45) is 0 Å². The van der Waals surface area contributed by atoms with E-state index >= 15 is 0 Å². The van der Waals surface area contributed by atoms with E-state index in [0.29, 0.717) is 5.69 Å². The number of halogens is 1. The second-order valence-electron chi connectivity index (χ2n) is 5.79. The highest BCUT2D eigenvalue weighted by Gasteiger charge is 2.15. The lowest BCUT2D eigenvalue weighted by molar-refractivity contribution is 0.102. The van der Waals surface area contributed by atoms with E-state index in [-0.39, 0.29) is 16.1 Å². The maximum Gasteiger partial charge on any atom is 0.261 e. The van der Waals surface area contributed by atoms with Crippen molar-refractivity contribution in [3.05, 3.63) is 84.2 Å². The van der Waals surface area contributed by atoms with Crippen molar-refractivity contribution in [2.45, 2.75) is 9.79 Å². The number of thioether (sulfide) groups is 1. The molecule has 0 radical (unpaired) electrons. The molecule has 3 aromatic carbocycles. The molecule has 144 valence electrons. The molecule has 0 heterocycles. The fraction of sp³-hybridized carbons (Fsp3) is 0.0500. The zero-order valence-electron chi connectivity index (χ0n) is 14.8. The summed E-state index contributed by atoms with van der Waals surface area (Å²) in [4.78, 5) is 13.3. The monoisotopic (exact) mass is 416 g/mol. The SMILES string of the molecule is CSc1ccc(S(=O)(=O)Nc2ccc(C(=O)Nc3ccccc3F)cc2)cc1. The van der Waals surface area contributed by atoms with Gasteiger partial charge in [-0.2, -0.15) is 0 Å². The van der Waals surface area contributed by atoms with Crippen molar-refractivity contribution in [3.63, 3.8) is 0 Å². The second-order valence-corrected chi connectivity index (χ2v) is 8.35. The Labute approximate surface area is 167 Å². The first kappa shape index (κ1) is 19.9. The van der Waals surface area contributed by atoms with E-state index in [1.165, 1.54) is 66.4 Å². The van der Waals surface area contributed by atoms with Crippen LogP contribution in [0, 0.1) is 5.82 Å². The number of hydrogen-bond acceptors (Lipinski definition) is 4. The first-order valence-electron chi connectivity index (χ1n) is 8.22. The number of carbonyl (C=O) groups excluding carboxylic acids is 1. The van der Waals surface area contributed by atoms with Gasteiger partial charge in [-0.3, -0.25) is 9.52 Å². The summed E-state index contributed by atoms with van der Waals surface area (Å²) in [6, 6.07) is 18.3. The van der Waals surface area contributed by atoms with Crippen LogP contribution in [-0.2, 0) is 10.0 Å². The normalized spacial score (nSPS) is 11.1. The molecule has 0 fully saturated rings. The minimum atomic E-state index is -3.73. The molecular formula is C20H17FN2O3S2. The lowest BCUT2D eigenvalue weighted by atomic mass is 10.2. The molecule has 5 nitrogen and oxygen atoms in total. The molecule has 3 aromatic rings. The van der Waals surface area contributed by atoms with Gasteiger partial charge in [-0.25, -0.2) is 12.8 Å². The summed E-state index contributed by atoms with van der Waals surface area (Å²) in [5.41, 5.74) is 0.665. The Hall–Kier alpha value is -2.84. The van der Waals surface area contributed by atoms with Crippen molar-refractivity contribution in [1.82, 2.24) is 0 Å². The predicted molar refractivity (Wildman–Crippen MR) is 110 cm³/mol. The van der Waals surface area contributed by atoms with E-state index in [1.807, 2.05) is 6.26 Å². The number of anilines is 2. The highest BCUT2D eigenvalue weighted by Crippen LogP contribution is 2.21. The quantitative estimate of drug-likeness (QED) is 0.576. The van der Waals surface area contributed by atoms with Gasteiger partial charge in [-0.05, 0) is 66.9 Å². The summed E-state index contributed by atoms with van der Waals surface area (Å²) in [5, 5.41) is 2.48. The van der Waals surface area contributed by atoms with Crippen LogP contribution in [-0.4, -0.2) is 20.6 Å². The smallest absolute Gasteiger partial charge is 0.261 e. The average Bonchev–Trinajstić information content (AvgIpc) is 2.70. The van der Waals surface area contributed by atoms with E-state index in [1.54, 1.807) is 18.2 Å². The maximum absolute atomic E-state index is 13.6. The number of rotatable bonds is 6. The summed E-state index contributed by atoms with van der Waals surface area (Å²) in [6.45, 7) is 0. The highest BCUT2D eigenvalue weighted by molar-refractivity contribution is 7.98. The molecule has 3 rings (SSSR count). The van der Waals surface area contributed by atoms with Crippen LogP contribution in [0.5, 0.6) is 0 Å². The molecule has 0 unspecified atom stereocenters. The van der Waals surface area contributed by atoms with Gasteiger partial charge in [0.05, 0.1) is 10.6 Å². The Balaban J connectivity index is 1.71. The van der Waals surface area contributed by atoms with Gasteiger partial charge in [0.25, 0.3) is 15.9 Å². The molecule has 1 amide bonds. The molecule has 0 spiro atoms. The van der Waals surface area contributed by atoms with Crippen molar-refractivity contribution >= 4 is 39.1 Å². The Morgan fingerprint density at radius 2 is 1.57 bits per heavy atom. The standard InChI is InChI=1S/C20H17FN2O3S2/c1-27-16-10-12-17(13-11-16)28(25,26)23-15-8-6-14(7-9-15)20(24)22-19-5-3-2-4-18(19)21/h2-13,23H,1H3,(H,22,24). The molecule has 0 atom stereocenters. The molecule has 0 saturated heterocycles. The molecular weight excluding hydrogens is 399 g/mol. The van der Waals surface area contributed by atoms with Crippen molar-refractivity contribution in [2.75, 3.05) is 16.3 Å². The Bertz CT molecular complexity index is 1080. The average molecular weight is 416 g/mol. The number of nitrogens with one attached hydrogen (secondary N) is 2. The molecule has 2 N–H and O–H groups in total. The van der Waals surface area contributed by atoms with Gasteiger partial charge in [-0.1, -0.05) is 12.1 Å². The predicted octanol–water partition coefficient (Wildman–Crippen LogP) is 4.60. The maximum atomic E-state index is 13.6. The first-order chi connectivity index (χ1) is 13.4. The third-order valence-electron chi connectivity index (χ3n) is 3.89. The van der Waals surface area contributed by atoms with Gasteiger partial charge in [0, 0.05) is 16.1 Å². The van der Waals surface area contributed by atoms with Gasteiger partial charge in [-0.15, -0.1) is 11.8 Å². The molecule has 0 saturated carbocycles. The van der Waals surface area contributed by atoms with E-state index in [4.69, 9.17) is 0 Å². The van der Waals surface area contributed by atoms with E-state index < -0.39 is 21.7 Å². The summed E-state index contributed by atoms with van der Waals surface area (Å²) in [6.07, 6.45) is 1.91. The van der Waals surface area contributed by atoms with E-state index in [0.717, 1.165) is 4.90 Å². The van der Waals surface area contributed by atoms with Gasteiger partial charge >= 0.3 is 0 Å². The van der Waals surface area contributed by atoms with Crippen LogP contribution in [0.3, 0.4) is 0 Å². The third kappa shape index (κ3) is 4.71. The number of sulfonamides is 1. The van der Waals surface area contributed by atoms with E-state index in [9.17, 15) is 17.6 Å². The molecule has 0 aliphatic rings. The topological polar surface area (TPSA) is 75.3 Å². The minimum absolute atomic E-state index is 0.0750. The Kier molecular flexibility index (Phi) is 6.01. The van der Waals surface area contributed by atoms with Crippen LogP contribution in [0.4, 0.5) is 15.8 Å². The third-order valence-corrected chi connectivity index (χ3v) is 6.03. The largest absolute Gasteiger partial charge is 0.319 e. The summed E-state index contributed by atoms with van der Waals surface area (Å²) in [5.74, 6) is -1.03. The number of benzene rings is 3. The minimum Gasteiger partial charge on any atom is -0.319 e. The van der Waals surface area contributed by atoms with Gasteiger partial charge in [0.1, 0.15) is 5.82 Å². The summed E-state index contributed by atoms with van der Waals surface area (Å²) in [7, 11) is -3.73. The fourth-order valence-electron chi connectivity index (χ4n) is 2.42. The molecule has 0 aromatic heterocycles. The molecule has 0 bridgehead atoms. The lowest BCUT2D eigenvalue weighted by Gasteiger charge is -2.10. The fourth-order valence-corrected chi connectivity index (χ4v) is 3.88. The molecule has 0 aliphatic heterocycles. The molecule has 0 aliphatic carbocycles. The summed E-state index contributed by atoms with van der Waals surface area (Å²) < 4.78 is 41.0.